The highest BCUT2D eigenvalue weighted by molar-refractivity contribution is 5.88. The molecule has 102 valence electrons. The highest BCUT2D eigenvalue weighted by Gasteiger charge is 2.10. The van der Waals surface area contributed by atoms with Crippen LogP contribution in [0.1, 0.15) is 21.7 Å². The molecule has 0 radical (unpaired) electrons. The Morgan fingerprint density at radius 1 is 1.24 bits per heavy atom. The molecule has 0 aliphatic rings. The van der Waals surface area contributed by atoms with E-state index in [0.29, 0.717) is 11.5 Å². The molecule has 0 amide bonds. The van der Waals surface area contributed by atoms with Gasteiger partial charge in [0, 0.05) is 11.6 Å². The molecule has 1 heterocycles. The zero-order valence-corrected chi connectivity index (χ0v) is 11.1. The van der Waals surface area contributed by atoms with Gasteiger partial charge in [-0.05, 0) is 36.8 Å². The number of carboxylic acid groups (broad SMARTS) is 1. The normalized spacial score (nSPS) is 9.48. The van der Waals surface area contributed by atoms with Gasteiger partial charge in [-0.3, -0.25) is 0 Å². The molecule has 1 aromatic carbocycles. The fraction of sp³-hybridized carbons (Fsp3) is 0.0625. The molecule has 5 nitrogen and oxygen atoms in total. The zero-order valence-electron chi connectivity index (χ0n) is 11.1. The van der Waals surface area contributed by atoms with E-state index in [-0.39, 0.29) is 11.1 Å². The minimum absolute atomic E-state index is 0.0474. The first-order valence-corrected chi connectivity index (χ1v) is 6.01. The molecule has 2 aromatic rings. The minimum Gasteiger partial charge on any atom is -0.478 e. The summed E-state index contributed by atoms with van der Waals surface area (Å²) < 4.78 is 5.56. The van der Waals surface area contributed by atoms with E-state index in [1.54, 1.807) is 43.3 Å². The average Bonchev–Trinajstić information content (AvgIpc) is 2.92. The molecule has 1 N–H and O–H groups in total. The van der Waals surface area contributed by atoms with Gasteiger partial charge in [0.25, 0.3) is 0 Å². The Kier molecular flexibility index (Phi) is 3.87. The van der Waals surface area contributed by atoms with E-state index in [1.807, 2.05) is 0 Å². The van der Waals surface area contributed by atoms with Gasteiger partial charge in [-0.2, -0.15) is 10.5 Å². The second kappa shape index (κ2) is 5.77. The Morgan fingerprint density at radius 3 is 2.52 bits per heavy atom. The second-order valence-electron chi connectivity index (χ2n) is 4.32. The number of aromatic carboxylic acids is 1. The van der Waals surface area contributed by atoms with Crippen molar-refractivity contribution in [3.8, 4) is 23.5 Å². The van der Waals surface area contributed by atoms with Gasteiger partial charge in [0.1, 0.15) is 29.2 Å². The number of nitrogens with zero attached hydrogens (tertiary/aromatic N) is 2. The molecule has 0 atom stereocenters. The largest absolute Gasteiger partial charge is 0.478 e. The number of furan rings is 1. The lowest BCUT2D eigenvalue weighted by Gasteiger charge is -2.03. The van der Waals surface area contributed by atoms with E-state index in [1.165, 1.54) is 12.1 Å². The second-order valence-corrected chi connectivity index (χ2v) is 4.32. The number of hydrogen-bond acceptors (Lipinski definition) is 4. The fourth-order valence-corrected chi connectivity index (χ4v) is 1.88. The number of benzene rings is 1. The lowest BCUT2D eigenvalue weighted by molar-refractivity contribution is 0.0697. The first kappa shape index (κ1) is 14.1. The summed E-state index contributed by atoms with van der Waals surface area (Å²) in [5, 5.41) is 26.3. The van der Waals surface area contributed by atoms with Crippen molar-refractivity contribution in [1.29, 1.82) is 10.5 Å². The summed E-state index contributed by atoms with van der Waals surface area (Å²) in [4.78, 5) is 10.9. The van der Waals surface area contributed by atoms with E-state index in [2.05, 4.69) is 0 Å². The molecule has 0 aliphatic carbocycles. The van der Waals surface area contributed by atoms with Gasteiger partial charge >= 0.3 is 5.97 Å². The van der Waals surface area contributed by atoms with Crippen LogP contribution >= 0.6 is 0 Å². The van der Waals surface area contributed by atoms with Crippen LogP contribution in [-0.2, 0) is 0 Å². The van der Waals surface area contributed by atoms with Gasteiger partial charge in [0.05, 0.1) is 5.56 Å². The van der Waals surface area contributed by atoms with E-state index < -0.39 is 5.97 Å². The van der Waals surface area contributed by atoms with E-state index in [9.17, 15) is 4.79 Å². The SMILES string of the molecule is Cc1cc(C(=O)O)ccc1-c1ccc(C=C(C#N)C#N)o1. The van der Waals surface area contributed by atoms with E-state index in [0.717, 1.165) is 11.1 Å². The molecule has 0 saturated carbocycles. The fourth-order valence-electron chi connectivity index (χ4n) is 1.88. The number of hydrogen-bond donors (Lipinski definition) is 1. The molecule has 1 aromatic heterocycles. The Labute approximate surface area is 121 Å². The van der Waals surface area contributed by atoms with Crippen LogP contribution in [0.15, 0.2) is 40.3 Å². The van der Waals surface area contributed by atoms with Crippen LogP contribution in [0.4, 0.5) is 0 Å². The van der Waals surface area contributed by atoms with Crippen molar-refractivity contribution in [1.82, 2.24) is 0 Å². The Hall–Kier alpha value is -3.31. The van der Waals surface area contributed by atoms with Gasteiger partial charge in [0.15, 0.2) is 0 Å². The third-order valence-electron chi connectivity index (χ3n) is 2.89. The van der Waals surface area contributed by atoms with Gasteiger partial charge in [-0.25, -0.2) is 4.79 Å². The number of rotatable bonds is 3. The van der Waals surface area contributed by atoms with Crippen molar-refractivity contribution in [3.05, 3.63) is 52.8 Å². The Balaban J connectivity index is 2.39. The van der Waals surface area contributed by atoms with Crippen LogP contribution in [0.25, 0.3) is 17.4 Å². The maximum Gasteiger partial charge on any atom is 0.335 e. The summed E-state index contributed by atoms with van der Waals surface area (Å²) in [6, 6.07) is 11.6. The molecule has 5 heteroatoms. The number of allylic oxidation sites excluding steroid dienone is 1. The average molecular weight is 278 g/mol. The molecule has 0 spiro atoms. The highest BCUT2D eigenvalue weighted by Crippen LogP contribution is 2.27. The molecule has 0 aliphatic heterocycles. The van der Waals surface area contributed by atoms with E-state index >= 15 is 0 Å². The predicted molar refractivity (Wildman–Crippen MR) is 75.0 cm³/mol. The van der Waals surface area contributed by atoms with Crippen molar-refractivity contribution >= 4 is 12.0 Å². The van der Waals surface area contributed by atoms with Crippen LogP contribution in [0.3, 0.4) is 0 Å². The van der Waals surface area contributed by atoms with Gasteiger partial charge < -0.3 is 9.52 Å². The molecular weight excluding hydrogens is 268 g/mol. The van der Waals surface area contributed by atoms with Crippen molar-refractivity contribution in [2.45, 2.75) is 6.92 Å². The lowest BCUT2D eigenvalue weighted by atomic mass is 10.0. The summed E-state index contributed by atoms with van der Waals surface area (Å²) in [5.74, 6) is -0.0453. The Morgan fingerprint density at radius 2 is 1.95 bits per heavy atom. The Bertz CT molecular complexity index is 801. The van der Waals surface area contributed by atoms with Crippen LogP contribution in [-0.4, -0.2) is 11.1 Å². The molecule has 0 fully saturated rings. The summed E-state index contributed by atoms with van der Waals surface area (Å²) in [5.41, 5.74) is 1.68. The smallest absolute Gasteiger partial charge is 0.335 e. The van der Waals surface area contributed by atoms with E-state index in [4.69, 9.17) is 20.0 Å². The maximum absolute atomic E-state index is 10.9. The van der Waals surface area contributed by atoms with Gasteiger partial charge in [-0.1, -0.05) is 6.07 Å². The summed E-state index contributed by atoms with van der Waals surface area (Å²) in [7, 11) is 0. The first-order valence-electron chi connectivity index (χ1n) is 6.01. The molecule has 0 saturated heterocycles. The summed E-state index contributed by atoms with van der Waals surface area (Å²) >= 11 is 0. The number of carboxylic acids is 1. The molecule has 0 unspecified atom stereocenters. The quantitative estimate of drug-likeness (QED) is 0.868. The minimum atomic E-state index is -0.986. The number of nitriles is 2. The first-order chi connectivity index (χ1) is 10.0. The van der Waals surface area contributed by atoms with Crippen LogP contribution < -0.4 is 0 Å². The van der Waals surface area contributed by atoms with Crippen molar-refractivity contribution in [3.63, 3.8) is 0 Å². The summed E-state index contributed by atoms with van der Waals surface area (Å²) in [6.07, 6.45) is 1.35. The lowest BCUT2D eigenvalue weighted by Crippen LogP contribution is -1.96. The zero-order chi connectivity index (χ0) is 15.4. The van der Waals surface area contributed by atoms with Crippen LogP contribution in [0.5, 0.6) is 0 Å². The molecular formula is C16H10N2O3. The molecule has 0 bridgehead atoms. The van der Waals surface area contributed by atoms with Crippen LogP contribution in [0.2, 0.25) is 0 Å². The highest BCUT2D eigenvalue weighted by atomic mass is 16.4. The van der Waals surface area contributed by atoms with Crippen molar-refractivity contribution in [2.75, 3.05) is 0 Å². The third-order valence-corrected chi connectivity index (χ3v) is 2.89. The molecule has 21 heavy (non-hydrogen) atoms. The standard InChI is InChI=1S/C16H10N2O3/c1-10-6-12(16(19)20)2-4-14(10)15-5-3-13(21-15)7-11(8-17)9-18/h2-7H,1H3,(H,19,20). The topological polar surface area (TPSA) is 98.0 Å². The number of aryl methyl sites for hydroxylation is 1. The predicted octanol–water partition coefficient (Wildman–Crippen LogP) is 3.38. The van der Waals surface area contributed by atoms with Crippen molar-refractivity contribution < 1.29 is 14.3 Å². The summed E-state index contributed by atoms with van der Waals surface area (Å²) in [6.45, 7) is 1.79. The van der Waals surface area contributed by atoms with Gasteiger partial charge in [-0.15, -0.1) is 0 Å². The number of carbonyl (C=O) groups is 1. The molecule has 2 rings (SSSR count). The van der Waals surface area contributed by atoms with Crippen molar-refractivity contribution in [2.24, 2.45) is 0 Å². The van der Waals surface area contributed by atoms with Gasteiger partial charge in [0.2, 0.25) is 0 Å². The maximum atomic E-state index is 10.9. The third kappa shape index (κ3) is 2.99. The monoisotopic (exact) mass is 278 g/mol. The van der Waals surface area contributed by atoms with Crippen LogP contribution in [0, 0.1) is 29.6 Å².